The van der Waals surface area contributed by atoms with Gasteiger partial charge in [0.2, 0.25) is 5.91 Å². The third-order valence-corrected chi connectivity index (χ3v) is 7.24. The minimum absolute atomic E-state index is 0.0530. The zero-order chi connectivity index (χ0) is 24.1. The zero-order valence-corrected chi connectivity index (χ0v) is 20.8. The van der Waals surface area contributed by atoms with E-state index in [0.29, 0.717) is 36.2 Å². The molecule has 1 aliphatic heterocycles. The van der Waals surface area contributed by atoms with E-state index in [4.69, 9.17) is 20.8 Å². The van der Waals surface area contributed by atoms with E-state index >= 15 is 0 Å². The lowest BCUT2D eigenvalue weighted by molar-refractivity contribution is -0.135. The number of rotatable bonds is 8. The predicted molar refractivity (Wildman–Crippen MR) is 132 cm³/mol. The Hall–Kier alpha value is -2.97. The van der Waals surface area contributed by atoms with Crippen molar-refractivity contribution in [3.63, 3.8) is 0 Å². The highest BCUT2D eigenvalue weighted by Crippen LogP contribution is 2.34. The third kappa shape index (κ3) is 5.56. The fourth-order valence-electron chi connectivity index (χ4n) is 4.06. The molecule has 0 saturated carbocycles. The van der Waals surface area contributed by atoms with Crippen LogP contribution in [-0.4, -0.2) is 48.0 Å². The molecule has 0 spiro atoms. The molecule has 1 aromatic carbocycles. The van der Waals surface area contributed by atoms with Crippen LogP contribution in [-0.2, 0) is 17.8 Å². The van der Waals surface area contributed by atoms with E-state index in [1.807, 2.05) is 36.9 Å². The van der Waals surface area contributed by atoms with E-state index in [2.05, 4.69) is 16.8 Å². The Labute approximate surface area is 208 Å². The molecule has 180 valence electrons. The van der Waals surface area contributed by atoms with Crippen LogP contribution in [0.15, 0.2) is 52.5 Å². The van der Waals surface area contributed by atoms with Crippen LogP contribution in [0.5, 0.6) is 5.75 Å². The number of furan rings is 1. The number of nitrogens with zero attached hydrogens (tertiary/aromatic N) is 2. The van der Waals surface area contributed by atoms with Crippen LogP contribution in [0.4, 0.5) is 4.79 Å². The van der Waals surface area contributed by atoms with E-state index in [9.17, 15) is 9.59 Å². The smallest absolute Gasteiger partial charge is 0.318 e. The molecule has 0 aliphatic carbocycles. The summed E-state index contributed by atoms with van der Waals surface area (Å²) in [6.45, 7) is 5.30. The van der Waals surface area contributed by atoms with Gasteiger partial charge >= 0.3 is 6.03 Å². The highest BCUT2D eigenvalue weighted by Gasteiger charge is 2.33. The summed E-state index contributed by atoms with van der Waals surface area (Å²) in [5.74, 6) is 1.20. The van der Waals surface area contributed by atoms with E-state index < -0.39 is 0 Å². The summed E-state index contributed by atoms with van der Waals surface area (Å²) >= 11 is 7.84. The number of fused-ring (bicyclic) bond motifs is 1. The summed E-state index contributed by atoms with van der Waals surface area (Å²) in [6, 6.07) is 10.6. The van der Waals surface area contributed by atoms with E-state index in [1.165, 1.54) is 9.78 Å². The quantitative estimate of drug-likeness (QED) is 0.469. The van der Waals surface area contributed by atoms with Gasteiger partial charge in [-0.2, -0.15) is 0 Å². The number of halogens is 1. The molecule has 9 heteroatoms. The summed E-state index contributed by atoms with van der Waals surface area (Å²) < 4.78 is 11.5. The number of carbonyl (C=O) groups excluding carboxylic acids is 2. The average Bonchev–Trinajstić information content (AvgIpc) is 3.51. The maximum absolute atomic E-state index is 13.5. The van der Waals surface area contributed by atoms with Crippen LogP contribution in [0.1, 0.15) is 34.7 Å². The summed E-state index contributed by atoms with van der Waals surface area (Å²) in [4.78, 5) is 30.7. The Morgan fingerprint density at radius 1 is 1.32 bits per heavy atom. The molecule has 0 fully saturated rings. The number of hydrogen-bond donors (Lipinski definition) is 1. The SMILES string of the molecule is CCNC(=O)N(CC(=O)N1CCc2sccc2[C@@H]1COc1ccc(Cl)c(C)c1)Cc1ccco1. The van der Waals surface area contributed by atoms with E-state index in [1.54, 1.807) is 29.7 Å². The molecule has 1 N–H and O–H groups in total. The standard InChI is InChI=1S/C25H28ClN3O4S/c1-3-27-25(31)28(14-19-5-4-11-32-19)15-24(30)29-10-8-23-20(9-12-34-23)22(29)16-33-18-6-7-21(26)17(2)13-18/h4-7,9,11-13,22H,3,8,10,14-16H2,1-2H3,(H,27,31)/t22-/m0/s1. The zero-order valence-electron chi connectivity index (χ0n) is 19.3. The maximum atomic E-state index is 13.5. The second-order valence-corrected chi connectivity index (χ2v) is 9.55. The van der Waals surface area contributed by atoms with Gasteiger partial charge in [0, 0.05) is 23.0 Å². The molecule has 3 heterocycles. The first-order valence-electron chi connectivity index (χ1n) is 11.3. The Morgan fingerprint density at radius 2 is 2.18 bits per heavy atom. The average molecular weight is 502 g/mol. The molecular formula is C25H28ClN3O4S. The fraction of sp³-hybridized carbons (Fsp3) is 0.360. The van der Waals surface area contributed by atoms with Gasteiger partial charge in [-0.1, -0.05) is 11.6 Å². The molecule has 3 amide bonds. The van der Waals surface area contributed by atoms with E-state index in [-0.39, 0.29) is 31.1 Å². The topological polar surface area (TPSA) is 75.0 Å². The molecule has 3 aromatic rings. The van der Waals surface area contributed by atoms with Crippen LogP contribution in [0.3, 0.4) is 0 Å². The van der Waals surface area contributed by atoms with Gasteiger partial charge in [-0.25, -0.2) is 4.79 Å². The maximum Gasteiger partial charge on any atom is 0.318 e. The summed E-state index contributed by atoms with van der Waals surface area (Å²) in [5.41, 5.74) is 2.04. The minimum atomic E-state index is -0.301. The molecule has 0 bridgehead atoms. The van der Waals surface area contributed by atoms with Gasteiger partial charge in [0.1, 0.15) is 24.7 Å². The minimum Gasteiger partial charge on any atom is -0.491 e. The van der Waals surface area contributed by atoms with Crippen LogP contribution in [0, 0.1) is 6.92 Å². The number of carbonyl (C=O) groups is 2. The number of amides is 3. The van der Waals surface area contributed by atoms with E-state index in [0.717, 1.165) is 17.5 Å². The van der Waals surface area contributed by atoms with Crippen molar-refractivity contribution in [1.29, 1.82) is 0 Å². The van der Waals surface area contributed by atoms with Gasteiger partial charge in [0.05, 0.1) is 18.8 Å². The molecule has 2 aromatic heterocycles. The monoisotopic (exact) mass is 501 g/mol. The molecular weight excluding hydrogens is 474 g/mol. The number of nitrogens with one attached hydrogen (secondary N) is 1. The Kier molecular flexibility index (Phi) is 7.80. The van der Waals surface area contributed by atoms with Crippen molar-refractivity contribution in [3.05, 3.63) is 74.8 Å². The second-order valence-electron chi connectivity index (χ2n) is 8.14. The van der Waals surface area contributed by atoms with Crippen molar-refractivity contribution < 1.29 is 18.7 Å². The fourth-order valence-corrected chi connectivity index (χ4v) is 5.11. The molecule has 1 aliphatic rings. The third-order valence-electron chi connectivity index (χ3n) is 5.82. The largest absolute Gasteiger partial charge is 0.491 e. The van der Waals surface area contributed by atoms with Crippen molar-refractivity contribution in [2.24, 2.45) is 0 Å². The molecule has 4 rings (SSSR count). The van der Waals surface area contributed by atoms with Crippen molar-refractivity contribution in [2.75, 3.05) is 26.2 Å². The molecule has 0 radical (unpaired) electrons. The van der Waals surface area contributed by atoms with Gasteiger partial charge < -0.3 is 24.3 Å². The van der Waals surface area contributed by atoms with Crippen molar-refractivity contribution in [2.45, 2.75) is 32.9 Å². The highest BCUT2D eigenvalue weighted by molar-refractivity contribution is 7.10. The number of urea groups is 1. The lowest BCUT2D eigenvalue weighted by Crippen LogP contribution is -2.49. The molecule has 7 nitrogen and oxygen atoms in total. The highest BCUT2D eigenvalue weighted by atomic mass is 35.5. The second kappa shape index (κ2) is 11.0. The lowest BCUT2D eigenvalue weighted by atomic mass is 10.0. The van der Waals surface area contributed by atoms with Gasteiger partial charge in [-0.05, 0) is 73.2 Å². The lowest BCUT2D eigenvalue weighted by Gasteiger charge is -2.37. The first kappa shape index (κ1) is 24.2. The molecule has 1 atom stereocenters. The first-order chi connectivity index (χ1) is 16.5. The van der Waals surface area contributed by atoms with Crippen LogP contribution < -0.4 is 10.1 Å². The van der Waals surface area contributed by atoms with Crippen LogP contribution >= 0.6 is 22.9 Å². The predicted octanol–water partition coefficient (Wildman–Crippen LogP) is 5.04. The molecule has 0 saturated heterocycles. The van der Waals surface area contributed by atoms with Crippen molar-refractivity contribution in [1.82, 2.24) is 15.1 Å². The van der Waals surface area contributed by atoms with Crippen molar-refractivity contribution >= 4 is 34.9 Å². The van der Waals surface area contributed by atoms with Gasteiger partial charge in [0.15, 0.2) is 0 Å². The van der Waals surface area contributed by atoms with Gasteiger partial charge in [0.25, 0.3) is 0 Å². The van der Waals surface area contributed by atoms with Gasteiger partial charge in [-0.15, -0.1) is 11.3 Å². The summed E-state index contributed by atoms with van der Waals surface area (Å²) in [7, 11) is 0. The number of ether oxygens (including phenoxy) is 1. The summed E-state index contributed by atoms with van der Waals surface area (Å²) in [5, 5.41) is 5.52. The normalized spacial score (nSPS) is 15.0. The Morgan fingerprint density at radius 3 is 2.91 bits per heavy atom. The number of benzene rings is 1. The number of thiophene rings is 1. The molecule has 0 unspecified atom stereocenters. The van der Waals surface area contributed by atoms with Crippen LogP contribution in [0.25, 0.3) is 0 Å². The number of hydrogen-bond acceptors (Lipinski definition) is 5. The van der Waals surface area contributed by atoms with Gasteiger partial charge in [-0.3, -0.25) is 4.79 Å². The Bertz CT molecular complexity index is 1130. The Balaban J connectivity index is 1.51. The first-order valence-corrected chi connectivity index (χ1v) is 12.5. The molecule has 34 heavy (non-hydrogen) atoms. The number of aryl methyl sites for hydroxylation is 1. The van der Waals surface area contributed by atoms with Crippen molar-refractivity contribution in [3.8, 4) is 5.75 Å². The van der Waals surface area contributed by atoms with Crippen LogP contribution in [0.2, 0.25) is 5.02 Å². The summed E-state index contributed by atoms with van der Waals surface area (Å²) in [6.07, 6.45) is 2.34.